The Bertz CT molecular complexity index is 732. The topological polar surface area (TPSA) is 104 Å². The Morgan fingerprint density at radius 3 is 2.68 bits per heavy atom. The summed E-state index contributed by atoms with van der Waals surface area (Å²) in [6.07, 6.45) is 6.18. The van der Waals surface area contributed by atoms with Gasteiger partial charge in [-0.15, -0.1) is 0 Å². The lowest BCUT2D eigenvalue weighted by Gasteiger charge is -2.19. The van der Waals surface area contributed by atoms with Gasteiger partial charge in [0.05, 0.1) is 12.4 Å². The molecule has 0 aromatic heterocycles. The van der Waals surface area contributed by atoms with E-state index in [0.717, 1.165) is 11.8 Å². The summed E-state index contributed by atoms with van der Waals surface area (Å²) in [5.74, 6) is -0.138. The van der Waals surface area contributed by atoms with Gasteiger partial charge in [0.1, 0.15) is 12.4 Å². The van der Waals surface area contributed by atoms with E-state index in [0.29, 0.717) is 38.0 Å². The zero-order chi connectivity index (χ0) is 21.0. The van der Waals surface area contributed by atoms with E-state index < -0.39 is 22.1 Å². The molecule has 8 heteroatoms. The van der Waals surface area contributed by atoms with Crippen LogP contribution in [0.3, 0.4) is 0 Å². The fourth-order valence-electron chi connectivity index (χ4n) is 2.56. The second-order valence-corrected chi connectivity index (χ2v) is 8.78. The van der Waals surface area contributed by atoms with Crippen molar-refractivity contribution in [3.05, 3.63) is 42.0 Å². The SMILES string of the molecule is Cc1cccc(OCC(O)CCCN(C/C=C\CCCC(=O)O)S(C)(=O)=O)c1. The molecule has 0 fully saturated rings. The third-order valence-corrected chi connectivity index (χ3v) is 5.35. The molecule has 2 N–H and O–H groups in total. The predicted octanol–water partition coefficient (Wildman–Crippen LogP) is 2.59. The summed E-state index contributed by atoms with van der Waals surface area (Å²) in [5, 5.41) is 18.6. The third-order valence-electron chi connectivity index (χ3n) is 4.08. The van der Waals surface area contributed by atoms with E-state index in [-0.39, 0.29) is 19.6 Å². The fourth-order valence-corrected chi connectivity index (χ4v) is 3.38. The smallest absolute Gasteiger partial charge is 0.303 e. The van der Waals surface area contributed by atoms with Crippen molar-refractivity contribution in [2.45, 2.75) is 45.1 Å². The minimum Gasteiger partial charge on any atom is -0.491 e. The first-order chi connectivity index (χ1) is 13.2. The molecule has 7 nitrogen and oxygen atoms in total. The molecule has 0 spiro atoms. The number of benzene rings is 1. The Morgan fingerprint density at radius 1 is 1.29 bits per heavy atom. The second kappa shape index (κ2) is 12.5. The van der Waals surface area contributed by atoms with Crippen LogP contribution in [0, 0.1) is 6.92 Å². The molecule has 0 amide bonds. The number of ether oxygens (including phenoxy) is 1. The van der Waals surface area contributed by atoms with Crippen LogP contribution < -0.4 is 4.74 Å². The van der Waals surface area contributed by atoms with E-state index in [2.05, 4.69) is 0 Å². The maximum absolute atomic E-state index is 11.9. The van der Waals surface area contributed by atoms with Gasteiger partial charge < -0.3 is 14.9 Å². The highest BCUT2D eigenvalue weighted by atomic mass is 32.2. The number of unbranched alkanes of at least 4 members (excludes halogenated alkanes) is 1. The quantitative estimate of drug-likeness (QED) is 0.359. The van der Waals surface area contributed by atoms with Crippen LogP contribution in [-0.2, 0) is 14.8 Å². The molecule has 1 rings (SSSR count). The van der Waals surface area contributed by atoms with Crippen LogP contribution in [0.2, 0.25) is 0 Å². The number of carboxylic acid groups (broad SMARTS) is 1. The summed E-state index contributed by atoms with van der Waals surface area (Å²) in [6.45, 7) is 2.66. The van der Waals surface area contributed by atoms with Crippen molar-refractivity contribution in [1.82, 2.24) is 4.31 Å². The summed E-state index contributed by atoms with van der Waals surface area (Å²) in [4.78, 5) is 10.4. The molecule has 0 aliphatic heterocycles. The molecule has 1 unspecified atom stereocenters. The summed E-state index contributed by atoms with van der Waals surface area (Å²) >= 11 is 0. The Hall–Kier alpha value is -1.90. The fraction of sp³-hybridized carbons (Fsp3) is 0.550. The summed E-state index contributed by atoms with van der Waals surface area (Å²) in [7, 11) is -3.35. The summed E-state index contributed by atoms with van der Waals surface area (Å²) < 4.78 is 30.7. The van der Waals surface area contributed by atoms with Crippen molar-refractivity contribution in [2.75, 3.05) is 26.0 Å². The molecule has 0 aliphatic carbocycles. The van der Waals surface area contributed by atoms with Crippen molar-refractivity contribution in [3.63, 3.8) is 0 Å². The summed E-state index contributed by atoms with van der Waals surface area (Å²) in [5.41, 5.74) is 1.08. The summed E-state index contributed by atoms with van der Waals surface area (Å²) in [6, 6.07) is 7.56. The Morgan fingerprint density at radius 2 is 2.04 bits per heavy atom. The van der Waals surface area contributed by atoms with Crippen LogP contribution in [0.1, 0.15) is 37.7 Å². The zero-order valence-corrected chi connectivity index (χ0v) is 17.4. The first kappa shape index (κ1) is 24.1. The number of hydrogen-bond acceptors (Lipinski definition) is 5. The first-order valence-electron chi connectivity index (χ1n) is 9.38. The number of aliphatic hydroxyl groups excluding tert-OH is 1. The highest BCUT2D eigenvalue weighted by molar-refractivity contribution is 7.88. The largest absolute Gasteiger partial charge is 0.491 e. The van der Waals surface area contributed by atoms with E-state index in [1.807, 2.05) is 31.2 Å². The van der Waals surface area contributed by atoms with Gasteiger partial charge in [0.15, 0.2) is 0 Å². The number of rotatable bonds is 14. The molecular weight excluding hydrogens is 382 g/mol. The van der Waals surface area contributed by atoms with Crippen molar-refractivity contribution in [3.8, 4) is 5.75 Å². The average Bonchev–Trinajstić information content (AvgIpc) is 2.60. The van der Waals surface area contributed by atoms with Crippen LogP contribution in [-0.4, -0.2) is 61.0 Å². The monoisotopic (exact) mass is 413 g/mol. The van der Waals surface area contributed by atoms with Crippen molar-refractivity contribution in [2.24, 2.45) is 0 Å². The number of aliphatic hydroxyl groups is 1. The zero-order valence-electron chi connectivity index (χ0n) is 16.6. The van der Waals surface area contributed by atoms with Gasteiger partial charge in [0.2, 0.25) is 10.0 Å². The van der Waals surface area contributed by atoms with Gasteiger partial charge in [0, 0.05) is 19.5 Å². The highest BCUT2D eigenvalue weighted by Gasteiger charge is 2.15. The normalized spacial score (nSPS) is 13.1. The number of carboxylic acids is 1. The lowest BCUT2D eigenvalue weighted by atomic mass is 10.2. The van der Waals surface area contributed by atoms with Crippen molar-refractivity contribution >= 4 is 16.0 Å². The van der Waals surface area contributed by atoms with Gasteiger partial charge in [-0.3, -0.25) is 4.79 Å². The standard InChI is InChI=1S/C20H31NO6S/c1-17-9-7-11-19(15-17)27-16-18(22)10-8-14-21(28(2,25)26)13-6-4-3-5-12-20(23)24/h4,6-7,9,11,15,18,22H,3,5,8,10,12-14,16H2,1-2H3,(H,23,24)/b6-4-. The number of aryl methyl sites for hydroxylation is 1. The molecular formula is C20H31NO6S. The van der Waals surface area contributed by atoms with Crippen molar-refractivity contribution < 1.29 is 28.2 Å². The Balaban J connectivity index is 2.34. The van der Waals surface area contributed by atoms with Gasteiger partial charge in [-0.2, -0.15) is 4.31 Å². The van der Waals surface area contributed by atoms with E-state index in [9.17, 15) is 18.3 Å². The molecule has 1 aromatic rings. The number of sulfonamides is 1. The maximum Gasteiger partial charge on any atom is 0.303 e. The number of allylic oxidation sites excluding steroid dienone is 1. The lowest BCUT2D eigenvalue weighted by Crippen LogP contribution is -2.32. The predicted molar refractivity (Wildman–Crippen MR) is 109 cm³/mol. The molecule has 0 bridgehead atoms. The van der Waals surface area contributed by atoms with E-state index in [4.69, 9.17) is 9.84 Å². The van der Waals surface area contributed by atoms with Crippen LogP contribution in [0.15, 0.2) is 36.4 Å². The number of hydrogen-bond donors (Lipinski definition) is 2. The molecule has 28 heavy (non-hydrogen) atoms. The Kier molecular flexibility index (Phi) is 10.8. The van der Waals surface area contributed by atoms with E-state index >= 15 is 0 Å². The minimum atomic E-state index is -3.35. The van der Waals surface area contributed by atoms with Crippen LogP contribution >= 0.6 is 0 Å². The third kappa shape index (κ3) is 11.1. The minimum absolute atomic E-state index is 0.0998. The molecule has 1 atom stereocenters. The van der Waals surface area contributed by atoms with Gasteiger partial charge in [0.25, 0.3) is 0 Å². The average molecular weight is 414 g/mol. The molecule has 0 aliphatic rings. The van der Waals surface area contributed by atoms with Gasteiger partial charge in [-0.1, -0.05) is 24.3 Å². The van der Waals surface area contributed by atoms with E-state index in [1.54, 1.807) is 12.2 Å². The number of carbonyl (C=O) groups is 1. The molecule has 0 radical (unpaired) electrons. The van der Waals surface area contributed by atoms with Crippen molar-refractivity contribution in [1.29, 1.82) is 0 Å². The first-order valence-corrected chi connectivity index (χ1v) is 11.2. The molecule has 0 saturated carbocycles. The van der Waals surface area contributed by atoms with Gasteiger partial charge in [-0.05, 0) is 50.3 Å². The molecule has 158 valence electrons. The van der Waals surface area contributed by atoms with E-state index in [1.165, 1.54) is 4.31 Å². The molecule has 0 saturated heterocycles. The van der Waals surface area contributed by atoms with Crippen LogP contribution in [0.4, 0.5) is 0 Å². The molecule has 0 heterocycles. The Labute approximate surface area is 167 Å². The van der Waals surface area contributed by atoms with Crippen LogP contribution in [0.5, 0.6) is 5.75 Å². The molecule has 1 aromatic carbocycles. The van der Waals surface area contributed by atoms with Gasteiger partial charge >= 0.3 is 5.97 Å². The lowest BCUT2D eigenvalue weighted by molar-refractivity contribution is -0.137. The van der Waals surface area contributed by atoms with Crippen LogP contribution in [0.25, 0.3) is 0 Å². The number of aliphatic carboxylic acids is 1. The highest BCUT2D eigenvalue weighted by Crippen LogP contribution is 2.13. The second-order valence-electron chi connectivity index (χ2n) is 6.80. The maximum atomic E-state index is 11.9. The van der Waals surface area contributed by atoms with Gasteiger partial charge in [-0.25, -0.2) is 8.42 Å². The number of nitrogens with zero attached hydrogens (tertiary/aromatic N) is 1.